The number of ketones is 2. The Balaban J connectivity index is 1.78. The first-order chi connectivity index (χ1) is 19.8. The van der Waals surface area contributed by atoms with Crippen LogP contribution in [-0.2, 0) is 5.41 Å². The minimum atomic E-state index is -0.586. The molecule has 0 heterocycles. The molecule has 2 heteroatoms. The van der Waals surface area contributed by atoms with Crippen LogP contribution in [0.25, 0.3) is 0 Å². The fourth-order valence-corrected chi connectivity index (χ4v) is 5.71. The van der Waals surface area contributed by atoms with Gasteiger partial charge in [0.1, 0.15) is 0 Å². The third-order valence-electron chi connectivity index (χ3n) is 7.88. The first-order valence-electron chi connectivity index (χ1n) is 14.2. The Labute approximate surface area is 243 Å². The zero-order chi connectivity index (χ0) is 28.8. The third-order valence-corrected chi connectivity index (χ3v) is 7.88. The first-order valence-corrected chi connectivity index (χ1v) is 14.2. The van der Waals surface area contributed by atoms with E-state index in [4.69, 9.17) is 0 Å². The molecule has 0 unspecified atom stereocenters. The summed E-state index contributed by atoms with van der Waals surface area (Å²) in [5, 5.41) is 0. The fraction of sp³-hybridized carbons (Fsp3) is 0.179. The van der Waals surface area contributed by atoms with Crippen LogP contribution >= 0.6 is 0 Å². The fourth-order valence-electron chi connectivity index (χ4n) is 5.71. The number of carbonyl (C=O) groups is 2. The molecule has 2 nitrogen and oxygen atoms in total. The van der Waals surface area contributed by atoms with E-state index in [1.54, 1.807) is 0 Å². The number of hydrogen-bond donors (Lipinski definition) is 0. The lowest BCUT2D eigenvalue weighted by molar-refractivity contribution is 0.0899. The van der Waals surface area contributed by atoms with Gasteiger partial charge in [-0.1, -0.05) is 166 Å². The normalized spacial score (nSPS) is 13.0. The molecule has 0 spiro atoms. The molecule has 0 saturated carbocycles. The van der Waals surface area contributed by atoms with Crippen molar-refractivity contribution in [2.75, 3.05) is 0 Å². The highest BCUT2D eigenvalue weighted by molar-refractivity contribution is 6.05. The van der Waals surface area contributed by atoms with E-state index in [9.17, 15) is 9.59 Å². The highest BCUT2D eigenvalue weighted by Gasteiger charge is 2.41. The van der Waals surface area contributed by atoms with Gasteiger partial charge in [-0.05, 0) is 27.7 Å². The van der Waals surface area contributed by atoms with Crippen LogP contribution in [0.5, 0.6) is 0 Å². The zero-order valence-electron chi connectivity index (χ0n) is 23.9. The summed E-state index contributed by atoms with van der Waals surface area (Å²) in [5.41, 5.74) is 5.21. The van der Waals surface area contributed by atoms with Crippen molar-refractivity contribution in [1.82, 2.24) is 0 Å². The summed E-state index contributed by atoms with van der Waals surface area (Å²) in [4.78, 5) is 29.1. The largest absolute Gasteiger partial charge is 0.293 e. The van der Waals surface area contributed by atoms with E-state index in [-0.39, 0.29) is 17.0 Å². The van der Waals surface area contributed by atoms with E-state index in [0.29, 0.717) is 11.1 Å². The van der Waals surface area contributed by atoms with Crippen molar-refractivity contribution in [3.05, 3.63) is 179 Å². The number of Topliss-reactive ketones (excluding diaryl/α,β-unsaturated/α-hetero) is 2. The van der Waals surface area contributed by atoms with E-state index in [2.05, 4.69) is 45.0 Å². The van der Waals surface area contributed by atoms with Crippen LogP contribution in [0.3, 0.4) is 0 Å². The molecule has 5 rings (SSSR count). The van der Waals surface area contributed by atoms with Crippen LogP contribution in [0.4, 0.5) is 0 Å². The number of benzene rings is 5. The topological polar surface area (TPSA) is 34.1 Å². The Hall–Kier alpha value is -4.56. The summed E-state index contributed by atoms with van der Waals surface area (Å²) in [5.74, 6) is -1.62. The summed E-state index contributed by atoms with van der Waals surface area (Å²) in [6, 6.07) is 47.3. The highest BCUT2D eigenvalue weighted by Crippen LogP contribution is 2.47. The van der Waals surface area contributed by atoms with Crippen LogP contribution in [0.2, 0.25) is 0 Å². The van der Waals surface area contributed by atoms with Gasteiger partial charge in [-0.2, -0.15) is 0 Å². The number of rotatable bonds is 9. The van der Waals surface area contributed by atoms with E-state index >= 15 is 0 Å². The second-order valence-corrected chi connectivity index (χ2v) is 11.6. The average Bonchev–Trinajstić information content (AvgIpc) is 3.02. The molecule has 0 aliphatic heterocycles. The molecule has 5 aromatic rings. The quantitative estimate of drug-likeness (QED) is 0.176. The molecular weight excluding hydrogens is 500 g/mol. The molecule has 41 heavy (non-hydrogen) atoms. The first kappa shape index (κ1) is 28.0. The molecule has 0 amide bonds. The molecule has 0 radical (unpaired) electrons. The van der Waals surface area contributed by atoms with E-state index in [1.807, 2.05) is 121 Å². The van der Waals surface area contributed by atoms with Crippen LogP contribution in [0.15, 0.2) is 146 Å². The second kappa shape index (κ2) is 12.3. The summed E-state index contributed by atoms with van der Waals surface area (Å²) in [6.07, 6.45) is 0. The molecule has 204 valence electrons. The molecule has 0 aliphatic rings. The average molecular weight is 537 g/mol. The monoisotopic (exact) mass is 536 g/mol. The summed E-state index contributed by atoms with van der Waals surface area (Å²) in [7, 11) is 0. The summed E-state index contributed by atoms with van der Waals surface area (Å²) in [6.45, 7) is 6.57. The maximum atomic E-state index is 14.6. The Kier molecular flexibility index (Phi) is 8.40. The molecule has 0 aromatic heterocycles. The van der Waals surface area contributed by atoms with E-state index in [1.165, 1.54) is 5.56 Å². The Morgan fingerprint density at radius 2 is 0.780 bits per heavy atom. The van der Waals surface area contributed by atoms with Crippen molar-refractivity contribution in [3.8, 4) is 0 Å². The molecule has 0 N–H and O–H groups in total. The molecule has 0 bridgehead atoms. The van der Waals surface area contributed by atoms with Gasteiger partial charge >= 0.3 is 0 Å². The Morgan fingerprint density at radius 3 is 1.12 bits per heavy atom. The Morgan fingerprint density at radius 1 is 0.439 bits per heavy atom. The van der Waals surface area contributed by atoms with Gasteiger partial charge in [0.25, 0.3) is 0 Å². The van der Waals surface area contributed by atoms with Crippen LogP contribution in [-0.4, -0.2) is 11.6 Å². The van der Waals surface area contributed by atoms with Crippen molar-refractivity contribution in [1.29, 1.82) is 0 Å². The SMILES string of the molecule is CC(C)(C)c1ccc(C([C@@H](C(=O)c2ccccc2)c2ccccc2)[C@@H](C(=O)c2ccccc2)c2ccccc2)cc1. The maximum Gasteiger partial charge on any atom is 0.170 e. The highest BCUT2D eigenvalue weighted by atomic mass is 16.1. The van der Waals surface area contributed by atoms with Crippen LogP contribution in [0, 0.1) is 0 Å². The predicted molar refractivity (Wildman–Crippen MR) is 168 cm³/mol. The standard InChI is InChI=1S/C39H36O2/c1-39(2,3)33-26-24-30(25-27-33)34(35(28-16-8-4-9-17-28)37(40)31-20-12-6-13-21-31)36(29-18-10-5-11-19-29)38(41)32-22-14-7-15-23-32/h4-27,34-36H,1-3H3/t35-,36-/m0/s1. The molecule has 0 saturated heterocycles. The number of carbonyl (C=O) groups excluding carboxylic acids is 2. The molecule has 5 aromatic carbocycles. The van der Waals surface area contributed by atoms with Crippen molar-refractivity contribution >= 4 is 11.6 Å². The minimum Gasteiger partial charge on any atom is -0.293 e. The minimum absolute atomic E-state index is 0.00323. The molecule has 0 fully saturated rings. The van der Waals surface area contributed by atoms with Gasteiger partial charge < -0.3 is 0 Å². The van der Waals surface area contributed by atoms with Crippen LogP contribution < -0.4 is 0 Å². The van der Waals surface area contributed by atoms with Crippen molar-refractivity contribution in [3.63, 3.8) is 0 Å². The maximum absolute atomic E-state index is 14.6. The van der Waals surface area contributed by atoms with Crippen molar-refractivity contribution in [2.24, 2.45) is 0 Å². The van der Waals surface area contributed by atoms with E-state index in [0.717, 1.165) is 16.7 Å². The van der Waals surface area contributed by atoms with Crippen molar-refractivity contribution < 1.29 is 9.59 Å². The lowest BCUT2D eigenvalue weighted by Gasteiger charge is -2.34. The van der Waals surface area contributed by atoms with Crippen LogP contribution in [0.1, 0.15) is 81.5 Å². The molecular formula is C39H36O2. The van der Waals surface area contributed by atoms with Gasteiger partial charge in [0.05, 0.1) is 11.8 Å². The van der Waals surface area contributed by atoms with Gasteiger partial charge in [0, 0.05) is 17.0 Å². The summed E-state index contributed by atoms with van der Waals surface area (Å²) >= 11 is 0. The zero-order valence-corrected chi connectivity index (χ0v) is 23.9. The molecule has 0 aliphatic carbocycles. The van der Waals surface area contributed by atoms with Crippen molar-refractivity contribution in [2.45, 2.75) is 43.9 Å². The smallest absolute Gasteiger partial charge is 0.170 e. The number of hydrogen-bond acceptors (Lipinski definition) is 2. The van der Waals surface area contributed by atoms with Gasteiger partial charge in [-0.15, -0.1) is 0 Å². The Bertz CT molecular complexity index is 1470. The third kappa shape index (κ3) is 6.28. The summed E-state index contributed by atoms with van der Waals surface area (Å²) < 4.78 is 0. The van der Waals surface area contributed by atoms with E-state index < -0.39 is 17.8 Å². The lowest BCUT2D eigenvalue weighted by atomic mass is 9.66. The van der Waals surface area contributed by atoms with Gasteiger partial charge in [0.15, 0.2) is 11.6 Å². The van der Waals surface area contributed by atoms with Gasteiger partial charge in [-0.25, -0.2) is 0 Å². The lowest BCUT2D eigenvalue weighted by Crippen LogP contribution is -2.30. The van der Waals surface area contributed by atoms with Gasteiger partial charge in [-0.3, -0.25) is 9.59 Å². The molecule has 2 atom stereocenters. The second-order valence-electron chi connectivity index (χ2n) is 11.6. The predicted octanol–water partition coefficient (Wildman–Crippen LogP) is 9.40. The van der Waals surface area contributed by atoms with Gasteiger partial charge in [0.2, 0.25) is 0 Å².